The molecule has 2 aliphatic heterocycles. The number of aryl methyl sites for hydroxylation is 1. The van der Waals surface area contributed by atoms with Crippen molar-refractivity contribution in [2.75, 3.05) is 31.6 Å². The second kappa shape index (κ2) is 9.15. The fourth-order valence-corrected chi connectivity index (χ4v) is 5.08. The molecule has 182 valence electrons. The summed E-state index contributed by atoms with van der Waals surface area (Å²) in [6, 6.07) is 9.31. The average molecular weight is 479 g/mol. The van der Waals surface area contributed by atoms with E-state index in [0.29, 0.717) is 54.2 Å². The Labute approximate surface area is 201 Å². The van der Waals surface area contributed by atoms with E-state index in [1.165, 1.54) is 4.90 Å². The van der Waals surface area contributed by atoms with E-state index in [9.17, 15) is 19.2 Å². The Morgan fingerprint density at radius 2 is 2.29 bits per heavy atom. The highest BCUT2D eigenvalue weighted by atomic mass is 19.1. The molecule has 3 aromatic rings. The Balaban J connectivity index is 1.50. The van der Waals surface area contributed by atoms with E-state index in [0.717, 1.165) is 18.4 Å². The van der Waals surface area contributed by atoms with Gasteiger partial charge in [0, 0.05) is 30.6 Å². The van der Waals surface area contributed by atoms with Gasteiger partial charge in [-0.1, -0.05) is 0 Å². The number of hydrogen-bond acceptors (Lipinski definition) is 6. The van der Waals surface area contributed by atoms with Gasteiger partial charge in [-0.15, -0.1) is 0 Å². The van der Waals surface area contributed by atoms with E-state index in [4.69, 9.17) is 9.84 Å². The van der Waals surface area contributed by atoms with Gasteiger partial charge in [0.05, 0.1) is 36.7 Å². The highest BCUT2D eigenvalue weighted by Crippen LogP contribution is 2.35. The summed E-state index contributed by atoms with van der Waals surface area (Å²) in [5.74, 6) is 0.180. The lowest BCUT2D eigenvalue weighted by Crippen LogP contribution is -2.42. The molecule has 2 fully saturated rings. The van der Waals surface area contributed by atoms with Crippen molar-refractivity contribution in [1.82, 2.24) is 19.7 Å². The van der Waals surface area contributed by atoms with Crippen molar-refractivity contribution in [3.8, 4) is 6.07 Å². The van der Waals surface area contributed by atoms with Crippen LogP contribution < -0.4 is 10.9 Å². The van der Waals surface area contributed by atoms with Crippen LogP contribution in [0.5, 0.6) is 0 Å². The predicted octanol–water partition coefficient (Wildman–Crippen LogP) is 3.38. The normalized spacial score (nSPS) is 22.3. The number of anilines is 2. The number of rotatable bonds is 5. The van der Waals surface area contributed by atoms with E-state index >= 15 is 0 Å². The third-order valence-corrected chi connectivity index (χ3v) is 6.90. The van der Waals surface area contributed by atoms with Gasteiger partial charge in [-0.25, -0.2) is 4.39 Å². The Hall–Kier alpha value is -3.71. The first-order valence-corrected chi connectivity index (χ1v) is 11.8. The van der Waals surface area contributed by atoms with Crippen LogP contribution in [0, 0.1) is 18.3 Å². The molecule has 35 heavy (non-hydrogen) atoms. The number of aromatic nitrogens is 3. The van der Waals surface area contributed by atoms with E-state index in [1.807, 2.05) is 13.0 Å². The van der Waals surface area contributed by atoms with Gasteiger partial charge >= 0.3 is 0 Å². The number of nitrogens with zero attached hydrogens (tertiary/aromatic N) is 4. The summed E-state index contributed by atoms with van der Waals surface area (Å²) >= 11 is 0. The van der Waals surface area contributed by atoms with Crippen molar-refractivity contribution in [1.29, 1.82) is 5.26 Å². The first-order chi connectivity index (χ1) is 16.9. The van der Waals surface area contributed by atoms with Crippen LogP contribution in [0.1, 0.15) is 41.6 Å². The van der Waals surface area contributed by atoms with Gasteiger partial charge in [-0.05, 0) is 56.0 Å². The highest BCUT2D eigenvalue weighted by Gasteiger charge is 2.38. The van der Waals surface area contributed by atoms with Gasteiger partial charge in [-0.3, -0.25) is 14.3 Å². The number of nitriles is 1. The molecule has 2 aliphatic rings. The lowest BCUT2D eigenvalue weighted by atomic mass is 9.89. The minimum Gasteiger partial charge on any atom is -0.379 e. The van der Waals surface area contributed by atoms with Crippen molar-refractivity contribution < 1.29 is 13.9 Å². The fraction of sp³-hybridized carbons (Fsp3) is 0.440. The number of halogens is 1. The second-order valence-electron chi connectivity index (χ2n) is 9.33. The summed E-state index contributed by atoms with van der Waals surface area (Å²) in [6.07, 6.45) is 2.69. The number of ether oxygens (including phenoxy) is 1. The Morgan fingerprint density at radius 3 is 2.97 bits per heavy atom. The number of hydrogen-bond donors (Lipinski definition) is 2. The average Bonchev–Trinajstić information content (AvgIpc) is 3.44. The Bertz CT molecular complexity index is 1370. The van der Waals surface area contributed by atoms with Gasteiger partial charge in [-0.2, -0.15) is 10.4 Å². The third kappa shape index (κ3) is 4.17. The first kappa shape index (κ1) is 23.1. The van der Waals surface area contributed by atoms with E-state index in [2.05, 4.69) is 16.4 Å². The maximum absolute atomic E-state index is 13.6. The van der Waals surface area contributed by atoms with E-state index < -0.39 is 11.7 Å². The molecule has 0 radical (unpaired) electrons. The third-order valence-electron chi connectivity index (χ3n) is 6.90. The molecule has 2 saturated heterocycles. The molecular formula is C25H27FN6O3. The van der Waals surface area contributed by atoms with Crippen molar-refractivity contribution in [3.63, 3.8) is 0 Å². The standard InChI is InChI=1S/C25H27FN6O3/c1-16-13-18(3-4-19(16)24(34)31-11-6-17(26)14-31)29-22-21-20(5-10-28-23(21)33)32(30-22)25(8-9-27)7-2-12-35-15-25/h3-5,10,13,17H,2,6-8,11-12,14-15H2,1H3,(H,28,33)(H,29,30)/t17?,25-/m0/s1. The summed E-state index contributed by atoms with van der Waals surface area (Å²) < 4.78 is 21.0. The molecule has 2 aromatic heterocycles. The summed E-state index contributed by atoms with van der Waals surface area (Å²) in [5, 5.41) is 17.9. The molecule has 0 aliphatic carbocycles. The van der Waals surface area contributed by atoms with Crippen LogP contribution in [0.15, 0.2) is 35.3 Å². The van der Waals surface area contributed by atoms with Crippen LogP contribution in [-0.2, 0) is 10.3 Å². The molecule has 1 aromatic carbocycles. The van der Waals surface area contributed by atoms with Crippen LogP contribution in [0.3, 0.4) is 0 Å². The van der Waals surface area contributed by atoms with Crippen LogP contribution in [0.2, 0.25) is 0 Å². The van der Waals surface area contributed by atoms with Crippen molar-refractivity contribution in [2.24, 2.45) is 0 Å². The minimum atomic E-state index is -0.972. The number of likely N-dealkylation sites (tertiary alicyclic amines) is 1. The number of alkyl halides is 1. The number of amides is 1. The lowest BCUT2D eigenvalue weighted by molar-refractivity contribution is -0.00174. The first-order valence-electron chi connectivity index (χ1n) is 11.8. The van der Waals surface area contributed by atoms with Gasteiger partial charge in [0.25, 0.3) is 11.5 Å². The number of aromatic amines is 1. The zero-order valence-corrected chi connectivity index (χ0v) is 19.5. The minimum absolute atomic E-state index is 0.124. The molecule has 4 heterocycles. The number of H-pyrrole nitrogens is 1. The summed E-state index contributed by atoms with van der Waals surface area (Å²) in [7, 11) is 0. The Morgan fingerprint density at radius 1 is 1.43 bits per heavy atom. The van der Waals surface area contributed by atoms with E-state index in [-0.39, 0.29) is 24.4 Å². The summed E-state index contributed by atoms with van der Waals surface area (Å²) in [5.41, 5.74) is 1.59. The van der Waals surface area contributed by atoms with Gasteiger partial charge < -0.3 is 19.9 Å². The second-order valence-corrected chi connectivity index (χ2v) is 9.33. The zero-order valence-electron chi connectivity index (χ0n) is 19.5. The van der Waals surface area contributed by atoms with Crippen molar-refractivity contribution in [2.45, 2.75) is 44.3 Å². The van der Waals surface area contributed by atoms with Crippen molar-refractivity contribution in [3.05, 3.63) is 51.9 Å². The predicted molar refractivity (Wildman–Crippen MR) is 128 cm³/mol. The van der Waals surface area contributed by atoms with E-state index in [1.54, 1.807) is 29.1 Å². The summed E-state index contributed by atoms with van der Waals surface area (Å²) in [4.78, 5) is 29.9. The molecule has 1 unspecified atom stereocenters. The highest BCUT2D eigenvalue weighted by molar-refractivity contribution is 5.97. The molecule has 0 saturated carbocycles. The Kier molecular flexibility index (Phi) is 6.03. The van der Waals surface area contributed by atoms with Crippen LogP contribution in [0.25, 0.3) is 10.9 Å². The fourth-order valence-electron chi connectivity index (χ4n) is 5.08. The number of fused-ring (bicyclic) bond motifs is 1. The number of pyridine rings is 1. The SMILES string of the molecule is Cc1cc(Nc2nn([C@]3(CC#N)CCCOC3)c3cc[nH]c(=O)c23)ccc1C(=O)N1CCC(F)C1. The van der Waals surface area contributed by atoms with Crippen LogP contribution in [-0.4, -0.2) is 58.0 Å². The maximum atomic E-state index is 13.6. The molecule has 1 amide bonds. The van der Waals surface area contributed by atoms with Gasteiger partial charge in [0.1, 0.15) is 11.6 Å². The topological polar surface area (TPSA) is 116 Å². The molecule has 9 nitrogen and oxygen atoms in total. The lowest BCUT2D eigenvalue weighted by Gasteiger charge is -2.35. The molecule has 5 rings (SSSR count). The zero-order chi connectivity index (χ0) is 24.6. The summed E-state index contributed by atoms with van der Waals surface area (Å²) in [6.45, 7) is 3.34. The molecule has 0 bridgehead atoms. The molecule has 0 spiro atoms. The quantitative estimate of drug-likeness (QED) is 0.581. The monoisotopic (exact) mass is 478 g/mol. The number of benzene rings is 1. The largest absolute Gasteiger partial charge is 0.379 e. The number of nitrogens with one attached hydrogen (secondary N) is 2. The number of carbonyl (C=O) groups is 1. The van der Waals surface area contributed by atoms with Gasteiger partial charge in [0.15, 0.2) is 5.82 Å². The number of carbonyl (C=O) groups excluding carboxylic acids is 1. The molecule has 2 atom stereocenters. The molecule has 2 N–H and O–H groups in total. The maximum Gasteiger partial charge on any atom is 0.261 e. The van der Waals surface area contributed by atoms with Gasteiger partial charge in [0.2, 0.25) is 0 Å². The van der Waals surface area contributed by atoms with Crippen molar-refractivity contribution >= 4 is 28.3 Å². The molecule has 10 heteroatoms. The van der Waals surface area contributed by atoms with Crippen LogP contribution in [0.4, 0.5) is 15.9 Å². The smallest absolute Gasteiger partial charge is 0.261 e. The van der Waals surface area contributed by atoms with Crippen LogP contribution >= 0.6 is 0 Å². The molecular weight excluding hydrogens is 451 g/mol.